The van der Waals surface area contributed by atoms with E-state index in [9.17, 15) is 14.9 Å². The number of benzene rings is 1. The van der Waals surface area contributed by atoms with Crippen LogP contribution in [0, 0.1) is 16.0 Å². The fourth-order valence-electron chi connectivity index (χ4n) is 4.26. The van der Waals surface area contributed by atoms with Crippen LogP contribution >= 0.6 is 11.6 Å². The van der Waals surface area contributed by atoms with E-state index < -0.39 is 4.92 Å². The quantitative estimate of drug-likeness (QED) is 0.596. The number of nitrogens with one attached hydrogen (secondary N) is 1. The van der Waals surface area contributed by atoms with Crippen LogP contribution in [-0.2, 0) is 4.79 Å². The summed E-state index contributed by atoms with van der Waals surface area (Å²) in [7, 11) is 0. The normalized spacial score (nSPS) is 24.6. The van der Waals surface area contributed by atoms with E-state index in [0.717, 1.165) is 6.42 Å². The van der Waals surface area contributed by atoms with Crippen LogP contribution in [0.5, 0.6) is 0 Å². The lowest BCUT2D eigenvalue weighted by Gasteiger charge is -2.39. The minimum Gasteiger partial charge on any atom is -0.363 e. The molecule has 1 heterocycles. The van der Waals surface area contributed by atoms with E-state index in [-0.39, 0.29) is 23.7 Å². The van der Waals surface area contributed by atoms with Crippen molar-refractivity contribution < 1.29 is 9.72 Å². The third-order valence-corrected chi connectivity index (χ3v) is 6.39. The van der Waals surface area contributed by atoms with Crippen molar-refractivity contribution in [1.29, 1.82) is 0 Å². The van der Waals surface area contributed by atoms with Crippen molar-refractivity contribution in [2.75, 3.05) is 31.1 Å². The second-order valence-electron chi connectivity index (χ2n) is 7.97. The molecule has 1 aromatic rings. The Morgan fingerprint density at radius 1 is 1.25 bits per heavy atom. The zero-order valence-electron chi connectivity index (χ0n) is 16.6. The number of anilines is 1. The largest absolute Gasteiger partial charge is 0.363 e. The first-order valence-electron chi connectivity index (χ1n) is 10.1. The molecule has 154 valence electrons. The van der Waals surface area contributed by atoms with Crippen LogP contribution in [0.4, 0.5) is 11.4 Å². The number of hydrogen-bond acceptors (Lipinski definition) is 5. The van der Waals surface area contributed by atoms with Gasteiger partial charge < -0.3 is 10.2 Å². The van der Waals surface area contributed by atoms with Gasteiger partial charge in [-0.05, 0) is 37.8 Å². The van der Waals surface area contributed by atoms with Crippen molar-refractivity contribution in [3.63, 3.8) is 0 Å². The van der Waals surface area contributed by atoms with Crippen molar-refractivity contribution in [2.24, 2.45) is 5.92 Å². The number of nitro benzene ring substituents is 1. The zero-order chi connectivity index (χ0) is 20.3. The summed E-state index contributed by atoms with van der Waals surface area (Å²) in [6.45, 7) is 6.82. The monoisotopic (exact) mass is 408 g/mol. The van der Waals surface area contributed by atoms with Crippen LogP contribution in [0.3, 0.4) is 0 Å². The molecule has 0 aromatic heterocycles. The fourth-order valence-corrected chi connectivity index (χ4v) is 4.43. The number of carbonyl (C=O) groups is 1. The molecule has 2 aliphatic rings. The lowest BCUT2D eigenvalue weighted by Crippen LogP contribution is -2.55. The van der Waals surface area contributed by atoms with Crippen LogP contribution < -0.4 is 10.2 Å². The number of hydrogen-bond donors (Lipinski definition) is 1. The predicted octanol–water partition coefficient (Wildman–Crippen LogP) is 3.45. The minimum atomic E-state index is -0.394. The topological polar surface area (TPSA) is 78.7 Å². The van der Waals surface area contributed by atoms with Crippen molar-refractivity contribution in [3.8, 4) is 0 Å². The van der Waals surface area contributed by atoms with Crippen LogP contribution in [0.25, 0.3) is 0 Å². The molecule has 1 N–H and O–H groups in total. The number of nitrogens with zero attached hydrogens (tertiary/aromatic N) is 3. The molecule has 1 aromatic carbocycles. The van der Waals surface area contributed by atoms with E-state index in [1.54, 1.807) is 12.1 Å². The molecular weight excluding hydrogens is 380 g/mol. The first kappa shape index (κ1) is 20.9. The molecule has 7 nitrogen and oxygen atoms in total. The second-order valence-corrected chi connectivity index (χ2v) is 8.40. The van der Waals surface area contributed by atoms with Crippen LogP contribution in [0.15, 0.2) is 18.2 Å². The lowest BCUT2D eigenvalue weighted by molar-refractivity contribution is -0.384. The molecule has 0 radical (unpaired) electrons. The Hall–Kier alpha value is -1.86. The third kappa shape index (κ3) is 4.75. The van der Waals surface area contributed by atoms with Gasteiger partial charge in [0.05, 0.1) is 11.0 Å². The van der Waals surface area contributed by atoms with Gasteiger partial charge in [0.1, 0.15) is 5.69 Å². The van der Waals surface area contributed by atoms with E-state index >= 15 is 0 Å². The maximum absolute atomic E-state index is 12.7. The minimum absolute atomic E-state index is 0.0260. The summed E-state index contributed by atoms with van der Waals surface area (Å²) < 4.78 is 0. The lowest BCUT2D eigenvalue weighted by atomic mass is 9.86. The Kier molecular flexibility index (Phi) is 6.78. The highest BCUT2D eigenvalue weighted by atomic mass is 35.5. The van der Waals surface area contributed by atoms with Crippen LogP contribution in [0.1, 0.15) is 39.5 Å². The van der Waals surface area contributed by atoms with Gasteiger partial charge in [0.15, 0.2) is 0 Å². The first-order chi connectivity index (χ1) is 13.4. The molecule has 0 spiro atoms. The summed E-state index contributed by atoms with van der Waals surface area (Å²) in [5.74, 6) is 0.622. The van der Waals surface area contributed by atoms with Gasteiger partial charge in [-0.3, -0.25) is 19.8 Å². The maximum Gasteiger partial charge on any atom is 0.294 e. The van der Waals surface area contributed by atoms with Crippen LogP contribution in [0.2, 0.25) is 5.02 Å². The highest BCUT2D eigenvalue weighted by Gasteiger charge is 2.30. The van der Waals surface area contributed by atoms with E-state index in [0.29, 0.717) is 42.8 Å². The molecule has 1 aliphatic carbocycles. The Morgan fingerprint density at radius 2 is 1.93 bits per heavy atom. The average Bonchev–Trinajstić information content (AvgIpc) is 2.69. The van der Waals surface area contributed by atoms with Gasteiger partial charge in [-0.25, -0.2) is 0 Å². The van der Waals surface area contributed by atoms with Gasteiger partial charge in [-0.15, -0.1) is 0 Å². The standard InChI is InChI=1S/C20H29ClN4O3/c1-14-5-3-4-6-17(14)22-20(26)15(2)23-9-11-24(12-10-23)18-8-7-16(21)13-19(18)25(27)28/h7-8,13-15,17H,3-6,9-12H2,1-2H3,(H,22,26). The van der Waals surface area contributed by atoms with Gasteiger partial charge in [-0.1, -0.05) is 31.4 Å². The van der Waals surface area contributed by atoms with Crippen molar-refractivity contribution in [2.45, 2.75) is 51.6 Å². The summed E-state index contributed by atoms with van der Waals surface area (Å²) in [6.07, 6.45) is 4.68. The molecule has 3 atom stereocenters. The van der Waals surface area contributed by atoms with E-state index in [4.69, 9.17) is 11.6 Å². The molecule has 1 amide bonds. The molecular formula is C20H29ClN4O3. The molecule has 1 saturated heterocycles. The Balaban J connectivity index is 1.57. The number of rotatable bonds is 5. The molecule has 0 bridgehead atoms. The summed E-state index contributed by atoms with van der Waals surface area (Å²) in [6, 6.07) is 4.86. The molecule has 3 unspecified atom stereocenters. The van der Waals surface area contributed by atoms with Crippen molar-refractivity contribution >= 4 is 28.9 Å². The fraction of sp³-hybridized carbons (Fsp3) is 0.650. The van der Waals surface area contributed by atoms with E-state index in [1.165, 1.54) is 25.3 Å². The van der Waals surface area contributed by atoms with Gasteiger partial charge >= 0.3 is 0 Å². The highest BCUT2D eigenvalue weighted by Crippen LogP contribution is 2.32. The summed E-state index contributed by atoms with van der Waals surface area (Å²) in [5, 5.41) is 14.9. The highest BCUT2D eigenvalue weighted by molar-refractivity contribution is 6.30. The van der Waals surface area contributed by atoms with E-state index in [2.05, 4.69) is 17.1 Å². The van der Waals surface area contributed by atoms with Crippen molar-refractivity contribution in [3.05, 3.63) is 33.3 Å². The summed E-state index contributed by atoms with van der Waals surface area (Å²) in [5.41, 5.74) is 0.611. The molecule has 28 heavy (non-hydrogen) atoms. The number of nitro groups is 1. The Morgan fingerprint density at radius 3 is 2.57 bits per heavy atom. The van der Waals surface area contributed by atoms with Crippen LogP contribution in [-0.4, -0.2) is 54.0 Å². The maximum atomic E-state index is 12.7. The SMILES string of the molecule is CC1CCCCC1NC(=O)C(C)N1CCN(c2ccc(Cl)cc2[N+](=O)[O-])CC1. The molecule has 3 rings (SSSR count). The molecule has 1 aliphatic heterocycles. The first-order valence-corrected chi connectivity index (χ1v) is 10.5. The predicted molar refractivity (Wildman–Crippen MR) is 111 cm³/mol. The number of halogens is 1. The van der Waals surface area contributed by atoms with E-state index in [1.807, 2.05) is 11.8 Å². The molecule has 8 heteroatoms. The Labute approximate surface area is 171 Å². The average molecular weight is 409 g/mol. The Bertz CT molecular complexity index is 721. The van der Waals surface area contributed by atoms with Gasteiger partial charge in [0.25, 0.3) is 5.69 Å². The molecule has 1 saturated carbocycles. The van der Waals surface area contributed by atoms with Gasteiger partial charge in [0, 0.05) is 43.3 Å². The third-order valence-electron chi connectivity index (χ3n) is 6.16. The molecule has 2 fully saturated rings. The number of amides is 1. The zero-order valence-corrected chi connectivity index (χ0v) is 17.3. The van der Waals surface area contributed by atoms with Crippen molar-refractivity contribution in [1.82, 2.24) is 10.2 Å². The second kappa shape index (κ2) is 9.09. The van der Waals surface area contributed by atoms with Gasteiger partial charge in [0.2, 0.25) is 5.91 Å². The summed E-state index contributed by atoms with van der Waals surface area (Å²) >= 11 is 5.91. The number of carbonyl (C=O) groups excluding carboxylic acids is 1. The summed E-state index contributed by atoms with van der Waals surface area (Å²) in [4.78, 5) is 27.8. The van der Waals surface area contributed by atoms with Gasteiger partial charge in [-0.2, -0.15) is 0 Å². The number of piperazine rings is 1. The smallest absolute Gasteiger partial charge is 0.294 e.